The maximum absolute atomic E-state index is 12.7. The van der Waals surface area contributed by atoms with E-state index >= 15 is 0 Å². The molecule has 1 amide bonds. The molecule has 3 rings (SSSR count). The second-order valence-corrected chi connectivity index (χ2v) is 5.41. The van der Waals surface area contributed by atoms with E-state index in [1.807, 2.05) is 13.8 Å². The van der Waals surface area contributed by atoms with Gasteiger partial charge in [0, 0.05) is 18.5 Å². The number of carbonyl (C=O) groups excluding carboxylic acids is 1. The van der Waals surface area contributed by atoms with Crippen LogP contribution in [0.5, 0.6) is 0 Å². The fourth-order valence-corrected chi connectivity index (χ4v) is 2.77. The number of rotatable bonds is 1. The van der Waals surface area contributed by atoms with Crippen molar-refractivity contribution in [3.8, 4) is 0 Å². The van der Waals surface area contributed by atoms with Crippen molar-refractivity contribution in [2.75, 3.05) is 13.1 Å². The predicted octanol–water partition coefficient (Wildman–Crippen LogP) is 1.17. The summed E-state index contributed by atoms with van der Waals surface area (Å²) in [6.07, 6.45) is -0.0153. The van der Waals surface area contributed by atoms with Gasteiger partial charge in [0.05, 0.1) is 17.6 Å². The smallest absolute Gasteiger partial charge is 0.275 e. The van der Waals surface area contributed by atoms with E-state index in [4.69, 9.17) is 4.74 Å². The Morgan fingerprint density at radius 2 is 1.86 bits per heavy atom. The lowest BCUT2D eigenvalue weighted by Crippen LogP contribution is -2.48. The Morgan fingerprint density at radius 3 is 2.52 bits per heavy atom. The van der Waals surface area contributed by atoms with Crippen LogP contribution >= 0.6 is 0 Å². The van der Waals surface area contributed by atoms with E-state index in [2.05, 4.69) is 10.2 Å². The molecule has 2 atom stereocenters. The molecule has 0 aliphatic carbocycles. The number of benzene rings is 1. The van der Waals surface area contributed by atoms with Crippen LogP contribution in [0.15, 0.2) is 29.1 Å². The number of fused-ring (bicyclic) bond motifs is 1. The van der Waals surface area contributed by atoms with Gasteiger partial charge in [0.15, 0.2) is 5.69 Å². The summed E-state index contributed by atoms with van der Waals surface area (Å²) >= 11 is 0. The number of nitrogens with zero attached hydrogens (tertiary/aromatic N) is 2. The van der Waals surface area contributed by atoms with Gasteiger partial charge in [0.2, 0.25) is 0 Å². The summed E-state index contributed by atoms with van der Waals surface area (Å²) in [6.45, 7) is 4.93. The molecule has 21 heavy (non-hydrogen) atoms. The van der Waals surface area contributed by atoms with Crippen molar-refractivity contribution < 1.29 is 9.53 Å². The largest absolute Gasteiger partial charge is 0.372 e. The van der Waals surface area contributed by atoms with Crippen molar-refractivity contribution >= 4 is 16.7 Å². The molecule has 1 aliphatic heterocycles. The highest BCUT2D eigenvalue weighted by Gasteiger charge is 2.28. The SMILES string of the molecule is CC1CN(C(=O)c2n[nH]c(=O)c3ccccc23)CC(C)O1. The van der Waals surface area contributed by atoms with E-state index in [-0.39, 0.29) is 29.4 Å². The van der Waals surface area contributed by atoms with Gasteiger partial charge in [-0.25, -0.2) is 5.10 Å². The van der Waals surface area contributed by atoms with E-state index in [1.165, 1.54) is 0 Å². The third-order valence-electron chi connectivity index (χ3n) is 3.61. The summed E-state index contributed by atoms with van der Waals surface area (Å²) in [6, 6.07) is 7.00. The molecule has 1 aliphatic rings. The maximum atomic E-state index is 12.7. The fourth-order valence-electron chi connectivity index (χ4n) is 2.77. The first-order valence-corrected chi connectivity index (χ1v) is 6.98. The monoisotopic (exact) mass is 287 g/mol. The lowest BCUT2D eigenvalue weighted by Gasteiger charge is -2.35. The molecule has 0 radical (unpaired) electrons. The summed E-state index contributed by atoms with van der Waals surface area (Å²) in [5, 5.41) is 7.42. The van der Waals surface area contributed by atoms with Gasteiger partial charge in [-0.2, -0.15) is 5.10 Å². The second-order valence-electron chi connectivity index (χ2n) is 5.41. The van der Waals surface area contributed by atoms with E-state index in [9.17, 15) is 9.59 Å². The minimum absolute atomic E-state index is 0.00766. The molecule has 1 N–H and O–H groups in total. The van der Waals surface area contributed by atoms with Crippen molar-refractivity contribution in [1.82, 2.24) is 15.1 Å². The molecule has 2 heterocycles. The summed E-state index contributed by atoms with van der Waals surface area (Å²) in [5.74, 6) is -0.176. The summed E-state index contributed by atoms with van der Waals surface area (Å²) < 4.78 is 5.64. The number of morpholine rings is 1. The number of nitrogens with one attached hydrogen (secondary N) is 1. The van der Waals surface area contributed by atoms with Crippen LogP contribution in [0, 0.1) is 0 Å². The lowest BCUT2D eigenvalue weighted by atomic mass is 10.1. The number of H-pyrrole nitrogens is 1. The van der Waals surface area contributed by atoms with Crippen molar-refractivity contribution in [1.29, 1.82) is 0 Å². The number of aromatic amines is 1. The van der Waals surface area contributed by atoms with Gasteiger partial charge >= 0.3 is 0 Å². The highest BCUT2D eigenvalue weighted by molar-refractivity contribution is 6.04. The summed E-state index contributed by atoms with van der Waals surface area (Å²) in [4.78, 5) is 26.2. The Morgan fingerprint density at radius 1 is 1.24 bits per heavy atom. The Labute approximate surface area is 121 Å². The molecule has 2 aromatic rings. The number of aromatic nitrogens is 2. The average Bonchev–Trinajstić information content (AvgIpc) is 2.46. The third-order valence-corrected chi connectivity index (χ3v) is 3.61. The first-order chi connectivity index (χ1) is 10.1. The number of hydrogen-bond acceptors (Lipinski definition) is 4. The molecular weight excluding hydrogens is 270 g/mol. The fraction of sp³-hybridized carbons (Fsp3) is 0.400. The highest BCUT2D eigenvalue weighted by atomic mass is 16.5. The molecule has 1 saturated heterocycles. The number of hydrogen-bond donors (Lipinski definition) is 1. The zero-order chi connectivity index (χ0) is 15.0. The number of amides is 1. The summed E-state index contributed by atoms with van der Waals surface area (Å²) in [5.41, 5.74) is -0.00244. The average molecular weight is 287 g/mol. The quantitative estimate of drug-likeness (QED) is 0.854. The van der Waals surface area contributed by atoms with Crippen molar-refractivity contribution in [3.63, 3.8) is 0 Å². The first-order valence-electron chi connectivity index (χ1n) is 6.98. The van der Waals surface area contributed by atoms with Crippen molar-refractivity contribution in [2.24, 2.45) is 0 Å². The van der Waals surface area contributed by atoms with E-state index in [1.54, 1.807) is 29.2 Å². The molecular formula is C15H17N3O3. The Balaban J connectivity index is 2.02. The van der Waals surface area contributed by atoms with Gasteiger partial charge in [-0.3, -0.25) is 9.59 Å². The van der Waals surface area contributed by atoms with Crippen molar-refractivity contribution in [2.45, 2.75) is 26.1 Å². The van der Waals surface area contributed by atoms with Gasteiger partial charge in [-0.1, -0.05) is 18.2 Å². The van der Waals surface area contributed by atoms with Gasteiger partial charge < -0.3 is 9.64 Å². The third kappa shape index (κ3) is 2.54. The van der Waals surface area contributed by atoms with Crippen LogP contribution in [0.2, 0.25) is 0 Å². The van der Waals surface area contributed by atoms with Gasteiger partial charge in [0.1, 0.15) is 0 Å². The van der Waals surface area contributed by atoms with E-state index in [0.717, 1.165) is 0 Å². The van der Waals surface area contributed by atoms with Crippen LogP contribution in [0.4, 0.5) is 0 Å². The topological polar surface area (TPSA) is 75.3 Å². The van der Waals surface area contributed by atoms with Gasteiger partial charge in [-0.15, -0.1) is 0 Å². The molecule has 6 nitrogen and oxygen atoms in total. The Bertz CT molecular complexity index is 730. The van der Waals surface area contributed by atoms with Crippen LogP contribution in [0.3, 0.4) is 0 Å². The van der Waals surface area contributed by atoms with Gasteiger partial charge in [-0.05, 0) is 19.9 Å². The first kappa shape index (κ1) is 13.8. The minimum Gasteiger partial charge on any atom is -0.372 e. The van der Waals surface area contributed by atoms with Crippen LogP contribution in [-0.2, 0) is 4.74 Å². The molecule has 0 spiro atoms. The molecule has 0 bridgehead atoms. The van der Waals surface area contributed by atoms with E-state index in [0.29, 0.717) is 23.9 Å². The molecule has 6 heteroatoms. The Hall–Kier alpha value is -2.21. The molecule has 1 fully saturated rings. The van der Waals surface area contributed by atoms with Crippen LogP contribution in [0.1, 0.15) is 24.3 Å². The number of carbonyl (C=O) groups is 1. The highest BCUT2D eigenvalue weighted by Crippen LogP contribution is 2.17. The summed E-state index contributed by atoms with van der Waals surface area (Å²) in [7, 11) is 0. The normalized spacial score (nSPS) is 22.5. The molecule has 0 saturated carbocycles. The van der Waals surface area contributed by atoms with E-state index < -0.39 is 0 Å². The zero-order valence-corrected chi connectivity index (χ0v) is 12.0. The zero-order valence-electron chi connectivity index (χ0n) is 12.0. The minimum atomic E-state index is -0.286. The van der Waals surface area contributed by atoms with Crippen molar-refractivity contribution in [3.05, 3.63) is 40.3 Å². The lowest BCUT2D eigenvalue weighted by molar-refractivity contribution is -0.0587. The molecule has 1 aromatic heterocycles. The maximum Gasteiger partial charge on any atom is 0.275 e. The number of ether oxygens (including phenoxy) is 1. The van der Waals surface area contributed by atoms with Crippen LogP contribution < -0.4 is 5.56 Å². The standard InChI is InChI=1S/C15H17N3O3/c1-9-7-18(8-10(2)21-9)15(20)13-11-5-3-4-6-12(11)14(19)17-16-13/h3-6,9-10H,7-8H2,1-2H3,(H,17,19). The van der Waals surface area contributed by atoms with Crippen LogP contribution in [0.25, 0.3) is 10.8 Å². The predicted molar refractivity (Wildman–Crippen MR) is 78.3 cm³/mol. The molecule has 110 valence electrons. The van der Waals surface area contributed by atoms with Crippen LogP contribution in [-0.4, -0.2) is 46.3 Å². The second kappa shape index (κ2) is 5.29. The van der Waals surface area contributed by atoms with Gasteiger partial charge in [0.25, 0.3) is 11.5 Å². The molecule has 2 unspecified atom stereocenters. The Kier molecular flexibility index (Phi) is 3.47. The molecule has 1 aromatic carbocycles.